The number of aromatic nitrogens is 1. The number of para-hydroxylation sites is 1. The number of benzene rings is 4. The number of halogens is 3. The molecular weight excluding hydrogens is 724 g/mol. The highest BCUT2D eigenvalue weighted by atomic mass is 32.2. The van der Waals surface area contributed by atoms with Crippen molar-refractivity contribution in [3.63, 3.8) is 0 Å². The van der Waals surface area contributed by atoms with Crippen LogP contribution in [0, 0.1) is 5.92 Å². The fourth-order valence-electron chi connectivity index (χ4n) is 6.82. The summed E-state index contributed by atoms with van der Waals surface area (Å²) in [6.45, 7) is 2.11. The van der Waals surface area contributed by atoms with Gasteiger partial charge in [0.15, 0.2) is 10.6 Å². The van der Waals surface area contributed by atoms with Gasteiger partial charge in [-0.25, -0.2) is 4.98 Å². The molecule has 0 spiro atoms. The van der Waals surface area contributed by atoms with E-state index < -0.39 is 30.3 Å². The zero-order valence-electron chi connectivity index (χ0n) is 28.8. The molecule has 276 valence electrons. The molecule has 0 saturated carbocycles. The molecule has 8 nitrogen and oxygen atoms in total. The first kappa shape index (κ1) is 37.1. The third-order valence-corrected chi connectivity index (χ3v) is 12.0. The topological polar surface area (TPSA) is 101 Å². The predicted octanol–water partition coefficient (Wildman–Crippen LogP) is 8.21. The molecule has 0 radical (unpaired) electrons. The van der Waals surface area contributed by atoms with Crippen molar-refractivity contribution >= 4 is 45.1 Å². The molecule has 3 heterocycles. The average molecular weight is 762 g/mol. The monoisotopic (exact) mass is 761 g/mol. The number of aliphatic hydroxyl groups is 1. The summed E-state index contributed by atoms with van der Waals surface area (Å²) in [6, 6.07) is 30.2. The van der Waals surface area contributed by atoms with E-state index in [-0.39, 0.29) is 44.2 Å². The number of fused-ring (bicyclic) bond motifs is 1. The predicted molar refractivity (Wildman–Crippen MR) is 198 cm³/mol. The number of aliphatic hydroxyl groups excluding tert-OH is 1. The van der Waals surface area contributed by atoms with E-state index in [0.29, 0.717) is 17.1 Å². The number of hydrogen-bond acceptors (Lipinski definition) is 8. The van der Waals surface area contributed by atoms with Gasteiger partial charge in [0.2, 0.25) is 5.91 Å². The number of ether oxygens (including phenoxy) is 2. The number of carbonyl (C=O) groups is 2. The van der Waals surface area contributed by atoms with Crippen LogP contribution in [0.15, 0.2) is 101 Å². The Hall–Kier alpha value is -4.27. The van der Waals surface area contributed by atoms with Crippen LogP contribution in [0.4, 0.5) is 13.2 Å². The van der Waals surface area contributed by atoms with Crippen LogP contribution in [0.1, 0.15) is 54.4 Å². The quantitative estimate of drug-likeness (QED) is 0.139. The number of likely N-dealkylation sites (tertiary alicyclic amines) is 1. The highest BCUT2D eigenvalue weighted by molar-refractivity contribution is 8.01. The Kier molecular flexibility index (Phi) is 11.2. The molecule has 2 amide bonds. The number of alkyl halides is 3. The van der Waals surface area contributed by atoms with Crippen LogP contribution in [-0.4, -0.2) is 57.4 Å². The van der Waals surface area contributed by atoms with Gasteiger partial charge >= 0.3 is 12.1 Å². The molecule has 2 saturated heterocycles. The largest absolute Gasteiger partial charge is 0.471 e. The fraction of sp³-hybridized carbons (Fsp3) is 0.325. The van der Waals surface area contributed by atoms with Crippen LogP contribution < -0.4 is 5.32 Å². The molecule has 1 aromatic heterocycles. The van der Waals surface area contributed by atoms with Crippen molar-refractivity contribution < 1.29 is 37.3 Å². The molecule has 2 aliphatic heterocycles. The third kappa shape index (κ3) is 8.44. The molecule has 0 unspecified atom stereocenters. The minimum absolute atomic E-state index is 0.0254. The van der Waals surface area contributed by atoms with Crippen LogP contribution in [0.2, 0.25) is 0 Å². The lowest BCUT2D eigenvalue weighted by molar-refractivity contribution is -0.268. The number of rotatable bonds is 10. The SMILES string of the molecule is C[C@H]1[C@@H](CSc2nc3ccccc3s2)O[C@@H](c2ccc(-c3cccc(CNC(=O)[C@@H]4CCCN4C(=O)C(F)(F)F)c3)cc2)O[C@H]1c1ccc(CO)cc1. The zero-order valence-corrected chi connectivity index (χ0v) is 30.4. The second-order valence-corrected chi connectivity index (χ2v) is 15.6. The Bertz CT molecular complexity index is 2020. The van der Waals surface area contributed by atoms with E-state index in [1.165, 1.54) is 0 Å². The van der Waals surface area contributed by atoms with Gasteiger partial charge in [-0.15, -0.1) is 11.3 Å². The van der Waals surface area contributed by atoms with Gasteiger partial charge in [-0.05, 0) is 58.9 Å². The van der Waals surface area contributed by atoms with Crippen molar-refractivity contribution in [1.29, 1.82) is 0 Å². The molecule has 2 N–H and O–H groups in total. The van der Waals surface area contributed by atoms with Crippen LogP contribution in [-0.2, 0) is 32.2 Å². The highest BCUT2D eigenvalue weighted by Gasteiger charge is 2.47. The highest BCUT2D eigenvalue weighted by Crippen LogP contribution is 2.44. The second-order valence-electron chi connectivity index (χ2n) is 13.3. The summed E-state index contributed by atoms with van der Waals surface area (Å²) >= 11 is 3.35. The van der Waals surface area contributed by atoms with Crippen molar-refractivity contribution in [2.45, 2.75) is 68.0 Å². The maximum absolute atomic E-state index is 13.0. The lowest BCUT2D eigenvalue weighted by atomic mass is 9.91. The number of carbonyl (C=O) groups excluding carboxylic acids is 2. The molecule has 7 rings (SSSR count). The van der Waals surface area contributed by atoms with Gasteiger partial charge in [0, 0.05) is 30.3 Å². The van der Waals surface area contributed by atoms with E-state index in [1.807, 2.05) is 91.0 Å². The van der Waals surface area contributed by atoms with Gasteiger partial charge < -0.3 is 24.8 Å². The smallest absolute Gasteiger partial charge is 0.392 e. The number of amides is 2. The molecule has 0 bridgehead atoms. The lowest BCUT2D eigenvalue weighted by Crippen LogP contribution is -2.50. The first-order valence-corrected chi connectivity index (χ1v) is 19.2. The van der Waals surface area contributed by atoms with Crippen molar-refractivity contribution in [2.75, 3.05) is 12.3 Å². The van der Waals surface area contributed by atoms with E-state index in [9.17, 15) is 27.9 Å². The van der Waals surface area contributed by atoms with E-state index >= 15 is 0 Å². The van der Waals surface area contributed by atoms with E-state index in [1.54, 1.807) is 23.1 Å². The first-order chi connectivity index (χ1) is 25.6. The summed E-state index contributed by atoms with van der Waals surface area (Å²) in [5.41, 5.74) is 6.24. The number of thiazole rings is 1. The van der Waals surface area contributed by atoms with Gasteiger partial charge in [0.05, 0.1) is 29.0 Å². The third-order valence-electron chi connectivity index (χ3n) is 9.74. The van der Waals surface area contributed by atoms with Crippen LogP contribution in [0.5, 0.6) is 0 Å². The van der Waals surface area contributed by atoms with E-state index in [0.717, 1.165) is 47.9 Å². The number of nitrogens with zero attached hydrogens (tertiary/aromatic N) is 2. The van der Waals surface area contributed by atoms with Crippen LogP contribution >= 0.6 is 23.1 Å². The second kappa shape index (κ2) is 16.0. The van der Waals surface area contributed by atoms with Gasteiger partial charge in [-0.2, -0.15) is 13.2 Å². The van der Waals surface area contributed by atoms with Gasteiger partial charge in [0.25, 0.3) is 0 Å². The number of thioether (sulfide) groups is 1. The van der Waals surface area contributed by atoms with Crippen molar-refractivity contribution in [3.8, 4) is 11.1 Å². The number of nitrogens with one attached hydrogen (secondary N) is 1. The minimum atomic E-state index is -5.02. The molecule has 53 heavy (non-hydrogen) atoms. The maximum atomic E-state index is 13.0. The maximum Gasteiger partial charge on any atom is 0.471 e. The Morgan fingerprint density at radius 3 is 2.43 bits per heavy atom. The van der Waals surface area contributed by atoms with E-state index in [2.05, 4.69) is 18.3 Å². The summed E-state index contributed by atoms with van der Waals surface area (Å²) in [4.78, 5) is 30.1. The Balaban J connectivity index is 1.04. The van der Waals surface area contributed by atoms with Crippen molar-refractivity contribution in [2.24, 2.45) is 5.92 Å². The standard InChI is InChI=1S/C40H38F3N3O5S2/c1-24-33(23-52-39-45-31-8-2-3-10-34(31)53-39)50-37(51-35(24)28-13-11-25(22-47)12-14-28)29-17-15-27(16-18-29)30-7-4-6-26(20-30)21-44-36(48)32-9-5-19-46(32)38(49)40(41,42)43/h2-4,6-8,10-18,20,24,32-33,35,37,47H,5,9,19,21-23H2,1H3,(H,44,48)/t24-,32-,33+,35+,37+/m0/s1. The molecule has 2 aliphatic rings. The Morgan fingerprint density at radius 1 is 0.943 bits per heavy atom. The molecule has 2 fully saturated rings. The summed E-state index contributed by atoms with van der Waals surface area (Å²) in [6.07, 6.45) is -5.53. The molecule has 5 aromatic rings. The average Bonchev–Trinajstić information content (AvgIpc) is 3.84. The Labute approximate surface area is 313 Å². The molecule has 4 aromatic carbocycles. The fourth-order valence-corrected chi connectivity index (χ4v) is 9.08. The van der Waals surface area contributed by atoms with Crippen LogP contribution in [0.25, 0.3) is 21.3 Å². The zero-order chi connectivity index (χ0) is 37.1. The normalized spacial score (nSPS) is 21.9. The lowest BCUT2D eigenvalue weighted by Gasteiger charge is -2.41. The Morgan fingerprint density at radius 2 is 1.70 bits per heavy atom. The summed E-state index contributed by atoms with van der Waals surface area (Å²) in [7, 11) is 0. The van der Waals surface area contributed by atoms with Gasteiger partial charge in [0.1, 0.15) is 6.04 Å². The van der Waals surface area contributed by atoms with Gasteiger partial charge in [-0.1, -0.05) is 97.5 Å². The minimum Gasteiger partial charge on any atom is -0.392 e. The number of hydrogen-bond donors (Lipinski definition) is 2. The summed E-state index contributed by atoms with van der Waals surface area (Å²) in [5, 5.41) is 12.3. The van der Waals surface area contributed by atoms with Gasteiger partial charge in [-0.3, -0.25) is 9.59 Å². The molecule has 13 heteroatoms. The molecular formula is C40H38F3N3O5S2. The molecule has 0 aliphatic carbocycles. The van der Waals surface area contributed by atoms with E-state index in [4.69, 9.17) is 14.5 Å². The summed E-state index contributed by atoms with van der Waals surface area (Å²) in [5.74, 6) is -1.87. The first-order valence-electron chi connectivity index (χ1n) is 17.4. The van der Waals surface area contributed by atoms with Crippen molar-refractivity contribution in [3.05, 3.63) is 119 Å². The summed E-state index contributed by atoms with van der Waals surface area (Å²) < 4.78 is 54.5. The van der Waals surface area contributed by atoms with Crippen molar-refractivity contribution in [1.82, 2.24) is 15.2 Å². The molecule has 5 atom stereocenters. The van der Waals surface area contributed by atoms with Crippen LogP contribution in [0.3, 0.4) is 0 Å².